The molecule has 0 aliphatic heterocycles. The number of urea groups is 1. The fourth-order valence-electron chi connectivity index (χ4n) is 5.10. The van der Waals surface area contributed by atoms with Gasteiger partial charge in [0.25, 0.3) is 0 Å². The normalized spacial score (nSPS) is 11.5. The van der Waals surface area contributed by atoms with Gasteiger partial charge in [0.15, 0.2) is 0 Å². The molecule has 0 unspecified atom stereocenters. The minimum absolute atomic E-state index is 0.103. The summed E-state index contributed by atoms with van der Waals surface area (Å²) in [6.45, 7) is 0.397. The monoisotopic (exact) mass is 644 g/mol. The summed E-state index contributed by atoms with van der Waals surface area (Å²) in [5.74, 6) is 0. The van der Waals surface area contributed by atoms with Gasteiger partial charge >= 0.3 is 18.3 Å². The maximum Gasteiger partial charge on any atom is 0.417 e. The van der Waals surface area contributed by atoms with E-state index in [2.05, 4.69) is 23.5 Å². The lowest BCUT2D eigenvalue weighted by atomic mass is 10.0. The van der Waals surface area contributed by atoms with E-state index in [0.29, 0.717) is 18.4 Å². The third-order valence-electron chi connectivity index (χ3n) is 7.45. The molecule has 0 fully saturated rings. The van der Waals surface area contributed by atoms with Gasteiger partial charge in [0.2, 0.25) is 0 Å². The number of carbonyl (C=O) groups is 2. The van der Waals surface area contributed by atoms with Crippen LogP contribution in [0.5, 0.6) is 0 Å². The molecule has 0 aliphatic carbocycles. The molecule has 0 bridgehead atoms. The molecule has 240 valence electrons. The molecule has 0 atom stereocenters. The van der Waals surface area contributed by atoms with Crippen molar-refractivity contribution < 1.29 is 32.7 Å². The zero-order valence-electron chi connectivity index (χ0n) is 24.7. The van der Waals surface area contributed by atoms with Gasteiger partial charge in [-0.2, -0.15) is 18.2 Å². The summed E-state index contributed by atoms with van der Waals surface area (Å²) in [7, 11) is 0. The summed E-state index contributed by atoms with van der Waals surface area (Å²) in [6.07, 6.45) is 6.43. The predicted molar refractivity (Wildman–Crippen MR) is 169 cm³/mol. The van der Waals surface area contributed by atoms with Crippen molar-refractivity contribution in [3.05, 3.63) is 89.1 Å². The van der Waals surface area contributed by atoms with Gasteiger partial charge in [0.1, 0.15) is 0 Å². The standard InChI is InChI=1S/C33H36ClF3N4O4/c34-29-16-15-27(22-28(29)33(35,36)37)41(44)32(43)39-25-11-13-26(14-12-25)40-19-18-24-21-23(10-17-30(24)40)9-7-5-3-1-2-4-6-8-20-45-31(38)42/h10-19,21-22,44H,1-9,20H2,(H2,38,42)(H,39,43). The number of unbranched alkanes of at least 4 members (excludes halogenated alkanes) is 7. The van der Waals surface area contributed by atoms with E-state index in [-0.39, 0.29) is 10.8 Å². The highest BCUT2D eigenvalue weighted by Crippen LogP contribution is 2.37. The fraction of sp³-hybridized carbons (Fsp3) is 0.333. The van der Waals surface area contributed by atoms with Crippen molar-refractivity contribution in [3.63, 3.8) is 0 Å². The number of hydrogen-bond donors (Lipinski definition) is 3. The highest BCUT2D eigenvalue weighted by molar-refractivity contribution is 6.31. The van der Waals surface area contributed by atoms with Crippen molar-refractivity contribution in [1.82, 2.24) is 4.57 Å². The molecule has 0 spiro atoms. The van der Waals surface area contributed by atoms with Gasteiger partial charge in [-0.05, 0) is 85.5 Å². The molecular weight excluding hydrogens is 609 g/mol. The lowest BCUT2D eigenvalue weighted by molar-refractivity contribution is -0.137. The van der Waals surface area contributed by atoms with Crippen LogP contribution in [0.25, 0.3) is 16.6 Å². The van der Waals surface area contributed by atoms with Gasteiger partial charge in [-0.1, -0.05) is 56.2 Å². The average Bonchev–Trinajstić information content (AvgIpc) is 3.42. The number of hydroxylamine groups is 1. The van der Waals surface area contributed by atoms with E-state index in [1.54, 1.807) is 24.3 Å². The first-order valence-corrected chi connectivity index (χ1v) is 15.2. The first-order valence-electron chi connectivity index (χ1n) is 14.8. The zero-order chi connectivity index (χ0) is 32.4. The summed E-state index contributed by atoms with van der Waals surface area (Å²) in [5.41, 5.74) is 6.92. The number of primary amides is 1. The topological polar surface area (TPSA) is 110 Å². The van der Waals surface area contributed by atoms with Gasteiger partial charge in [-0.15, -0.1) is 0 Å². The molecule has 12 heteroatoms. The number of hydrogen-bond acceptors (Lipinski definition) is 4. The van der Waals surface area contributed by atoms with Crippen LogP contribution < -0.4 is 16.1 Å². The molecule has 0 radical (unpaired) electrons. The molecule has 8 nitrogen and oxygen atoms in total. The molecule has 45 heavy (non-hydrogen) atoms. The van der Waals surface area contributed by atoms with E-state index in [1.165, 1.54) is 31.2 Å². The Kier molecular flexibility index (Phi) is 11.7. The Bertz CT molecular complexity index is 1590. The Morgan fingerprint density at radius 1 is 0.889 bits per heavy atom. The predicted octanol–water partition coefficient (Wildman–Crippen LogP) is 9.49. The Labute approximate surface area is 264 Å². The number of alkyl halides is 3. The van der Waals surface area contributed by atoms with Crippen LogP contribution in [-0.4, -0.2) is 28.5 Å². The number of anilines is 2. The quantitative estimate of drug-likeness (QED) is 0.0721. The maximum atomic E-state index is 13.2. The smallest absolute Gasteiger partial charge is 0.417 e. The number of aryl methyl sites for hydroxylation is 1. The second kappa shape index (κ2) is 15.7. The first kappa shape index (κ1) is 33.7. The SMILES string of the molecule is NC(=O)OCCCCCCCCCCc1ccc2c(ccn2-c2ccc(NC(=O)N(O)c3ccc(Cl)c(C(F)(F)F)c3)cc2)c1. The first-order chi connectivity index (χ1) is 21.5. The molecule has 3 amide bonds. The van der Waals surface area contributed by atoms with E-state index in [9.17, 15) is 28.0 Å². The highest BCUT2D eigenvalue weighted by Gasteiger charge is 2.34. The molecule has 4 N–H and O–H groups in total. The largest absolute Gasteiger partial charge is 0.450 e. The maximum absolute atomic E-state index is 13.2. The minimum atomic E-state index is -4.74. The molecular formula is C33H36ClF3N4O4. The van der Waals surface area contributed by atoms with E-state index in [0.717, 1.165) is 60.8 Å². The van der Waals surface area contributed by atoms with E-state index < -0.39 is 28.9 Å². The summed E-state index contributed by atoms with van der Waals surface area (Å²) >= 11 is 5.62. The van der Waals surface area contributed by atoms with Crippen LogP contribution in [-0.2, 0) is 17.3 Å². The van der Waals surface area contributed by atoms with Crippen molar-refractivity contribution in [2.24, 2.45) is 5.73 Å². The van der Waals surface area contributed by atoms with E-state index in [1.807, 2.05) is 16.8 Å². The molecule has 4 aromatic rings. The van der Waals surface area contributed by atoms with Crippen LogP contribution in [0.15, 0.2) is 72.9 Å². The summed E-state index contributed by atoms with van der Waals surface area (Å²) in [5, 5.41) is 13.4. The van der Waals surface area contributed by atoms with Crippen LogP contribution in [0.1, 0.15) is 62.5 Å². The Balaban J connectivity index is 1.25. The Hall–Kier alpha value is -4.22. The zero-order valence-corrected chi connectivity index (χ0v) is 25.4. The lowest BCUT2D eigenvalue weighted by Gasteiger charge is -2.18. The van der Waals surface area contributed by atoms with Gasteiger partial charge < -0.3 is 20.4 Å². The summed E-state index contributed by atoms with van der Waals surface area (Å²) in [6, 6.07) is 17.0. The fourth-order valence-corrected chi connectivity index (χ4v) is 5.32. The molecule has 0 aliphatic rings. The molecule has 0 saturated carbocycles. The number of nitrogens with one attached hydrogen (secondary N) is 1. The van der Waals surface area contributed by atoms with Crippen molar-refractivity contribution in [2.45, 2.75) is 64.0 Å². The van der Waals surface area contributed by atoms with Crippen LogP contribution >= 0.6 is 11.6 Å². The average molecular weight is 645 g/mol. The molecule has 3 aromatic carbocycles. The van der Waals surface area contributed by atoms with Crippen LogP contribution in [0, 0.1) is 0 Å². The third-order valence-corrected chi connectivity index (χ3v) is 7.78. The molecule has 1 aromatic heterocycles. The Morgan fingerprint density at radius 3 is 2.22 bits per heavy atom. The Morgan fingerprint density at radius 2 is 1.56 bits per heavy atom. The van der Waals surface area contributed by atoms with Crippen molar-refractivity contribution in [1.29, 1.82) is 0 Å². The van der Waals surface area contributed by atoms with Crippen molar-refractivity contribution >= 4 is 46.0 Å². The number of rotatable bonds is 14. The summed E-state index contributed by atoms with van der Waals surface area (Å²) < 4.78 is 46.2. The van der Waals surface area contributed by atoms with Gasteiger partial charge in [-0.25, -0.2) is 9.59 Å². The second-order valence-electron chi connectivity index (χ2n) is 10.8. The number of nitrogens with two attached hydrogens (primary N) is 1. The van der Waals surface area contributed by atoms with Crippen molar-refractivity contribution in [2.75, 3.05) is 17.0 Å². The number of carbonyl (C=O) groups excluding carboxylic acids is 2. The van der Waals surface area contributed by atoms with E-state index >= 15 is 0 Å². The molecule has 0 saturated heterocycles. The number of halogens is 4. The minimum Gasteiger partial charge on any atom is -0.450 e. The van der Waals surface area contributed by atoms with Gasteiger partial charge in [0.05, 0.1) is 28.4 Å². The van der Waals surface area contributed by atoms with Crippen molar-refractivity contribution in [3.8, 4) is 5.69 Å². The van der Waals surface area contributed by atoms with Crippen LogP contribution in [0.4, 0.5) is 34.1 Å². The number of benzene rings is 3. The highest BCUT2D eigenvalue weighted by atomic mass is 35.5. The van der Waals surface area contributed by atoms with Gasteiger partial charge in [0, 0.05) is 23.0 Å². The molecule has 4 rings (SSSR count). The summed E-state index contributed by atoms with van der Waals surface area (Å²) in [4.78, 5) is 23.0. The second-order valence-corrected chi connectivity index (χ2v) is 11.2. The van der Waals surface area contributed by atoms with Crippen LogP contribution in [0.2, 0.25) is 5.02 Å². The number of fused-ring (bicyclic) bond motifs is 1. The number of nitrogens with zero attached hydrogens (tertiary/aromatic N) is 2. The number of amides is 3. The third kappa shape index (κ3) is 9.63. The molecule has 1 heterocycles. The van der Waals surface area contributed by atoms with Gasteiger partial charge in [-0.3, -0.25) is 5.21 Å². The van der Waals surface area contributed by atoms with Crippen LogP contribution in [0.3, 0.4) is 0 Å². The lowest BCUT2D eigenvalue weighted by Crippen LogP contribution is -2.32. The van der Waals surface area contributed by atoms with E-state index in [4.69, 9.17) is 22.1 Å². The number of ether oxygens (including phenoxy) is 1. The number of aromatic nitrogens is 1.